The minimum absolute atomic E-state index is 0.134. The van der Waals surface area contributed by atoms with Crippen LogP contribution < -0.4 is 10.5 Å². The van der Waals surface area contributed by atoms with Gasteiger partial charge in [0, 0.05) is 7.11 Å². The zero-order valence-electron chi connectivity index (χ0n) is 8.91. The van der Waals surface area contributed by atoms with Gasteiger partial charge in [0.2, 0.25) is 0 Å². The minimum atomic E-state index is 0.134. The Hall–Kier alpha value is -1.22. The highest BCUT2D eigenvalue weighted by Gasteiger charge is 2.04. The second kappa shape index (κ2) is 4.86. The molecule has 0 heterocycles. The summed E-state index contributed by atoms with van der Waals surface area (Å²) in [4.78, 5) is 0. The van der Waals surface area contributed by atoms with E-state index in [1.54, 1.807) is 7.11 Å². The average molecular weight is 195 g/mol. The van der Waals surface area contributed by atoms with Crippen LogP contribution in [-0.4, -0.2) is 13.2 Å². The number of rotatable bonds is 4. The van der Waals surface area contributed by atoms with Crippen molar-refractivity contribution in [1.82, 2.24) is 0 Å². The number of nitrogens with two attached hydrogens (primary N) is 1. The molecule has 14 heavy (non-hydrogen) atoms. The van der Waals surface area contributed by atoms with E-state index >= 15 is 0 Å². The summed E-state index contributed by atoms with van der Waals surface area (Å²) in [5, 5.41) is 0. The molecule has 1 rings (SSSR count). The zero-order chi connectivity index (χ0) is 10.6. The van der Waals surface area contributed by atoms with Crippen molar-refractivity contribution in [3.8, 4) is 5.75 Å². The number of hydrogen-bond acceptors (Lipinski definition) is 3. The molecule has 0 bridgehead atoms. The van der Waals surface area contributed by atoms with Crippen molar-refractivity contribution in [2.75, 3.05) is 12.8 Å². The normalized spacial score (nSPS) is 10.6. The van der Waals surface area contributed by atoms with E-state index in [1.165, 1.54) is 0 Å². The summed E-state index contributed by atoms with van der Waals surface area (Å²) in [6.07, 6.45) is 0.134. The van der Waals surface area contributed by atoms with Gasteiger partial charge in [-0.2, -0.15) is 0 Å². The molecule has 0 aromatic heterocycles. The van der Waals surface area contributed by atoms with Gasteiger partial charge in [-0.25, -0.2) is 0 Å². The molecular formula is C11H17NO2. The fourth-order valence-electron chi connectivity index (χ4n) is 1.19. The number of methoxy groups -OCH3 is 1. The van der Waals surface area contributed by atoms with Gasteiger partial charge in [0.1, 0.15) is 5.75 Å². The Morgan fingerprint density at radius 2 is 2.07 bits per heavy atom. The molecule has 78 valence electrons. The van der Waals surface area contributed by atoms with E-state index in [0.717, 1.165) is 11.3 Å². The fraction of sp³-hybridized carbons (Fsp3) is 0.455. The van der Waals surface area contributed by atoms with Gasteiger partial charge in [-0.05, 0) is 31.5 Å². The first-order valence-electron chi connectivity index (χ1n) is 4.67. The first kappa shape index (κ1) is 10.9. The number of nitrogen functional groups attached to an aromatic ring is 1. The molecule has 0 aliphatic carbocycles. The van der Waals surface area contributed by atoms with Crippen LogP contribution >= 0.6 is 0 Å². The molecule has 0 atom stereocenters. The van der Waals surface area contributed by atoms with E-state index in [0.29, 0.717) is 12.3 Å². The Labute approximate surface area is 84.8 Å². The molecule has 0 saturated heterocycles. The molecule has 0 spiro atoms. The maximum Gasteiger partial charge on any atom is 0.142 e. The van der Waals surface area contributed by atoms with E-state index < -0.39 is 0 Å². The SMILES string of the molecule is COCc1ccc(N)c(OC(C)C)c1. The fourth-order valence-corrected chi connectivity index (χ4v) is 1.19. The minimum Gasteiger partial charge on any atom is -0.489 e. The average Bonchev–Trinajstić information content (AvgIpc) is 2.10. The zero-order valence-corrected chi connectivity index (χ0v) is 8.91. The maximum atomic E-state index is 5.77. The number of ether oxygens (including phenoxy) is 2. The second-order valence-electron chi connectivity index (χ2n) is 3.47. The van der Waals surface area contributed by atoms with Crippen LogP contribution in [0.3, 0.4) is 0 Å². The smallest absolute Gasteiger partial charge is 0.142 e. The van der Waals surface area contributed by atoms with E-state index in [2.05, 4.69) is 0 Å². The largest absolute Gasteiger partial charge is 0.489 e. The molecule has 0 unspecified atom stereocenters. The van der Waals surface area contributed by atoms with Crippen LogP contribution in [0.25, 0.3) is 0 Å². The highest BCUT2D eigenvalue weighted by Crippen LogP contribution is 2.24. The molecule has 0 aliphatic heterocycles. The van der Waals surface area contributed by atoms with Crippen LogP contribution in [0.15, 0.2) is 18.2 Å². The first-order valence-corrected chi connectivity index (χ1v) is 4.67. The highest BCUT2D eigenvalue weighted by molar-refractivity contribution is 5.53. The van der Waals surface area contributed by atoms with Crippen molar-refractivity contribution in [2.45, 2.75) is 26.6 Å². The second-order valence-corrected chi connectivity index (χ2v) is 3.47. The van der Waals surface area contributed by atoms with E-state index in [1.807, 2.05) is 32.0 Å². The molecule has 0 aliphatic rings. The molecule has 3 nitrogen and oxygen atoms in total. The van der Waals surface area contributed by atoms with Gasteiger partial charge in [0.25, 0.3) is 0 Å². The quantitative estimate of drug-likeness (QED) is 0.749. The number of benzene rings is 1. The lowest BCUT2D eigenvalue weighted by Gasteiger charge is -2.13. The Kier molecular flexibility index (Phi) is 3.77. The molecule has 0 amide bonds. The molecule has 2 N–H and O–H groups in total. The summed E-state index contributed by atoms with van der Waals surface area (Å²) >= 11 is 0. The van der Waals surface area contributed by atoms with Gasteiger partial charge in [0.05, 0.1) is 18.4 Å². The van der Waals surface area contributed by atoms with Gasteiger partial charge in [-0.3, -0.25) is 0 Å². The molecule has 0 radical (unpaired) electrons. The summed E-state index contributed by atoms with van der Waals surface area (Å²) in [5.74, 6) is 0.731. The molecular weight excluding hydrogens is 178 g/mol. The van der Waals surface area contributed by atoms with Gasteiger partial charge in [-0.1, -0.05) is 6.07 Å². The molecule has 3 heteroatoms. The topological polar surface area (TPSA) is 44.5 Å². The predicted octanol–water partition coefficient (Wildman–Crippen LogP) is 2.20. The first-order chi connectivity index (χ1) is 6.63. The predicted molar refractivity (Wildman–Crippen MR) is 57.3 cm³/mol. The van der Waals surface area contributed by atoms with Crippen molar-refractivity contribution in [2.24, 2.45) is 0 Å². The Morgan fingerprint density at radius 3 is 2.64 bits per heavy atom. The maximum absolute atomic E-state index is 5.77. The van der Waals surface area contributed by atoms with Gasteiger partial charge < -0.3 is 15.2 Å². The third-order valence-electron chi connectivity index (χ3n) is 1.75. The molecule has 0 fully saturated rings. The monoisotopic (exact) mass is 195 g/mol. The van der Waals surface area contributed by atoms with Crippen molar-refractivity contribution >= 4 is 5.69 Å². The van der Waals surface area contributed by atoms with Crippen LogP contribution in [0.4, 0.5) is 5.69 Å². The summed E-state index contributed by atoms with van der Waals surface area (Å²) in [6.45, 7) is 4.53. The molecule has 0 saturated carbocycles. The summed E-state index contributed by atoms with van der Waals surface area (Å²) in [6, 6.07) is 5.69. The van der Waals surface area contributed by atoms with E-state index in [-0.39, 0.29) is 6.10 Å². The van der Waals surface area contributed by atoms with Crippen molar-refractivity contribution in [3.63, 3.8) is 0 Å². The highest BCUT2D eigenvalue weighted by atomic mass is 16.5. The summed E-state index contributed by atoms with van der Waals surface area (Å²) in [7, 11) is 1.67. The van der Waals surface area contributed by atoms with Crippen LogP contribution in [-0.2, 0) is 11.3 Å². The van der Waals surface area contributed by atoms with Gasteiger partial charge in [0.15, 0.2) is 0 Å². The van der Waals surface area contributed by atoms with Crippen LogP contribution in [0.1, 0.15) is 19.4 Å². The third-order valence-corrected chi connectivity index (χ3v) is 1.75. The number of hydrogen-bond donors (Lipinski definition) is 1. The van der Waals surface area contributed by atoms with Crippen molar-refractivity contribution in [1.29, 1.82) is 0 Å². The van der Waals surface area contributed by atoms with Crippen LogP contribution in [0, 0.1) is 0 Å². The van der Waals surface area contributed by atoms with E-state index in [9.17, 15) is 0 Å². The van der Waals surface area contributed by atoms with E-state index in [4.69, 9.17) is 15.2 Å². The lowest BCUT2D eigenvalue weighted by Crippen LogP contribution is -2.07. The van der Waals surface area contributed by atoms with Crippen LogP contribution in [0.5, 0.6) is 5.75 Å². The lowest BCUT2D eigenvalue weighted by molar-refractivity contribution is 0.184. The third kappa shape index (κ3) is 2.92. The molecule has 1 aromatic rings. The summed E-state index contributed by atoms with van der Waals surface area (Å²) < 4.78 is 10.6. The Balaban J connectivity index is 2.84. The number of anilines is 1. The van der Waals surface area contributed by atoms with Gasteiger partial charge in [-0.15, -0.1) is 0 Å². The summed E-state index contributed by atoms with van der Waals surface area (Å²) in [5.41, 5.74) is 7.50. The Morgan fingerprint density at radius 1 is 1.36 bits per heavy atom. The van der Waals surface area contributed by atoms with Gasteiger partial charge >= 0.3 is 0 Å². The van der Waals surface area contributed by atoms with Crippen molar-refractivity contribution < 1.29 is 9.47 Å². The molecule has 1 aromatic carbocycles. The Bertz CT molecular complexity index is 297. The lowest BCUT2D eigenvalue weighted by atomic mass is 10.2. The van der Waals surface area contributed by atoms with Crippen LogP contribution in [0.2, 0.25) is 0 Å². The standard InChI is InChI=1S/C11H17NO2/c1-8(2)14-11-6-9(7-13-3)4-5-10(11)12/h4-6,8H,7,12H2,1-3H3. The van der Waals surface area contributed by atoms with Crippen molar-refractivity contribution in [3.05, 3.63) is 23.8 Å².